The maximum absolute atomic E-state index is 13.2. The predicted molar refractivity (Wildman–Crippen MR) is 107 cm³/mol. The number of aromatic amines is 1. The summed E-state index contributed by atoms with van der Waals surface area (Å²) in [5, 5.41) is 3.32. The highest BCUT2D eigenvalue weighted by molar-refractivity contribution is 6.00. The van der Waals surface area contributed by atoms with Gasteiger partial charge in [0.15, 0.2) is 5.78 Å². The standard InChI is InChI=1S/C21H23N5O2/c27-15-9-6-8-14-16(15)17(13-7-2-3-10-22-13)18-19(23-14)24-21(25-20(18)28)26-11-4-1-5-12-26/h2-3,7,10,17H,1,4-6,8-9,11-12H2,(H2,23,24,25,28)/t17-/m1/s1. The Bertz CT molecular complexity index is 1010. The Balaban J connectivity index is 1.67. The topological polar surface area (TPSA) is 91.0 Å². The molecule has 4 heterocycles. The molecule has 2 N–H and O–H groups in total. The number of Topliss-reactive ketones (excluding diaryl/α,β-unsaturated/α-hetero) is 1. The number of allylic oxidation sites excluding steroid dienone is 2. The minimum absolute atomic E-state index is 0.0922. The number of piperidine rings is 1. The Morgan fingerprint density at radius 3 is 2.68 bits per heavy atom. The molecular weight excluding hydrogens is 354 g/mol. The quantitative estimate of drug-likeness (QED) is 0.836. The van der Waals surface area contributed by atoms with Crippen molar-refractivity contribution < 1.29 is 4.79 Å². The van der Waals surface area contributed by atoms with Crippen LogP contribution in [0.1, 0.15) is 55.7 Å². The Kier molecular flexibility index (Phi) is 4.22. The summed E-state index contributed by atoms with van der Waals surface area (Å²) in [7, 11) is 0. The van der Waals surface area contributed by atoms with E-state index in [1.165, 1.54) is 6.42 Å². The van der Waals surface area contributed by atoms with Gasteiger partial charge >= 0.3 is 0 Å². The number of nitrogens with one attached hydrogen (secondary N) is 2. The lowest BCUT2D eigenvalue weighted by atomic mass is 9.78. The van der Waals surface area contributed by atoms with Crippen molar-refractivity contribution in [3.8, 4) is 0 Å². The van der Waals surface area contributed by atoms with E-state index < -0.39 is 5.92 Å². The van der Waals surface area contributed by atoms with Gasteiger partial charge in [0.2, 0.25) is 5.95 Å². The largest absolute Gasteiger partial charge is 0.343 e. The van der Waals surface area contributed by atoms with E-state index in [0.717, 1.165) is 44.5 Å². The van der Waals surface area contributed by atoms with Crippen LogP contribution >= 0.6 is 0 Å². The smallest absolute Gasteiger partial charge is 0.258 e. The normalized spacial score (nSPS) is 21.8. The van der Waals surface area contributed by atoms with Crippen molar-refractivity contribution in [2.24, 2.45) is 0 Å². The SMILES string of the molecule is O=C1CCCC2=C1[C@@H](c1ccccn1)c1c(nc(N3CCCCC3)[nH]c1=O)N2. The molecule has 0 aromatic carbocycles. The summed E-state index contributed by atoms with van der Waals surface area (Å²) in [5.41, 5.74) is 2.58. The van der Waals surface area contributed by atoms with Crippen molar-refractivity contribution in [1.82, 2.24) is 15.0 Å². The van der Waals surface area contributed by atoms with E-state index in [-0.39, 0.29) is 11.3 Å². The molecule has 0 amide bonds. The average molecular weight is 377 g/mol. The van der Waals surface area contributed by atoms with Gasteiger partial charge in [0, 0.05) is 37.0 Å². The van der Waals surface area contributed by atoms with Crippen molar-refractivity contribution in [3.05, 3.63) is 57.3 Å². The van der Waals surface area contributed by atoms with Gasteiger partial charge in [-0.05, 0) is 44.2 Å². The number of carbonyl (C=O) groups is 1. The van der Waals surface area contributed by atoms with Crippen LogP contribution in [-0.4, -0.2) is 33.8 Å². The van der Waals surface area contributed by atoms with Gasteiger partial charge < -0.3 is 10.2 Å². The molecule has 144 valence electrons. The van der Waals surface area contributed by atoms with Crippen LogP contribution < -0.4 is 15.8 Å². The molecule has 3 aliphatic rings. The van der Waals surface area contributed by atoms with E-state index >= 15 is 0 Å². The number of hydrogen-bond donors (Lipinski definition) is 2. The minimum atomic E-state index is -0.466. The second-order valence-corrected chi connectivity index (χ2v) is 7.68. The van der Waals surface area contributed by atoms with Crippen molar-refractivity contribution in [3.63, 3.8) is 0 Å². The number of ketones is 1. The number of rotatable bonds is 2. The number of H-pyrrole nitrogens is 1. The molecule has 0 bridgehead atoms. The molecule has 0 saturated carbocycles. The zero-order valence-corrected chi connectivity index (χ0v) is 15.7. The third-order valence-corrected chi connectivity index (χ3v) is 5.88. The lowest BCUT2D eigenvalue weighted by Gasteiger charge is -2.33. The summed E-state index contributed by atoms with van der Waals surface area (Å²) < 4.78 is 0. The summed E-state index contributed by atoms with van der Waals surface area (Å²) in [6.07, 6.45) is 7.24. The number of anilines is 2. The molecule has 0 spiro atoms. The zero-order chi connectivity index (χ0) is 19.1. The second-order valence-electron chi connectivity index (χ2n) is 7.68. The fourth-order valence-electron chi connectivity index (χ4n) is 4.55. The van der Waals surface area contributed by atoms with Gasteiger partial charge in [-0.3, -0.25) is 19.6 Å². The highest BCUT2D eigenvalue weighted by atomic mass is 16.1. The van der Waals surface area contributed by atoms with E-state index in [1.54, 1.807) is 6.20 Å². The summed E-state index contributed by atoms with van der Waals surface area (Å²) >= 11 is 0. The van der Waals surface area contributed by atoms with Crippen LogP contribution in [0.15, 0.2) is 40.5 Å². The first-order valence-corrected chi connectivity index (χ1v) is 10.1. The van der Waals surface area contributed by atoms with Gasteiger partial charge in [0.25, 0.3) is 5.56 Å². The molecule has 1 atom stereocenters. The molecule has 5 rings (SSSR count). The average Bonchev–Trinajstić information content (AvgIpc) is 2.73. The number of fused-ring (bicyclic) bond motifs is 1. The summed E-state index contributed by atoms with van der Waals surface area (Å²) in [4.78, 5) is 40.3. The maximum Gasteiger partial charge on any atom is 0.258 e. The first-order valence-electron chi connectivity index (χ1n) is 10.1. The van der Waals surface area contributed by atoms with Gasteiger partial charge in [0.05, 0.1) is 17.2 Å². The van der Waals surface area contributed by atoms with Crippen molar-refractivity contribution in [2.75, 3.05) is 23.3 Å². The molecule has 1 saturated heterocycles. The number of hydrogen-bond acceptors (Lipinski definition) is 6. The maximum atomic E-state index is 13.2. The number of nitrogens with zero attached hydrogens (tertiary/aromatic N) is 3. The fraction of sp³-hybridized carbons (Fsp3) is 0.429. The molecule has 0 radical (unpaired) electrons. The number of aromatic nitrogens is 3. The molecule has 7 heteroatoms. The van der Waals surface area contributed by atoms with Crippen LogP contribution in [0.4, 0.5) is 11.8 Å². The molecule has 2 aliphatic heterocycles. The van der Waals surface area contributed by atoms with E-state index in [9.17, 15) is 9.59 Å². The van der Waals surface area contributed by atoms with Crippen LogP contribution in [-0.2, 0) is 4.79 Å². The van der Waals surface area contributed by atoms with E-state index in [0.29, 0.717) is 35.0 Å². The van der Waals surface area contributed by atoms with Crippen LogP contribution in [0, 0.1) is 0 Å². The third-order valence-electron chi connectivity index (χ3n) is 5.88. The van der Waals surface area contributed by atoms with E-state index in [4.69, 9.17) is 4.98 Å². The van der Waals surface area contributed by atoms with Crippen LogP contribution in [0.5, 0.6) is 0 Å². The Labute approximate surface area is 162 Å². The van der Waals surface area contributed by atoms with Crippen LogP contribution in [0.3, 0.4) is 0 Å². The van der Waals surface area contributed by atoms with Crippen LogP contribution in [0.25, 0.3) is 0 Å². The van der Waals surface area contributed by atoms with Gasteiger partial charge in [-0.2, -0.15) is 4.98 Å². The van der Waals surface area contributed by atoms with Gasteiger partial charge in [-0.15, -0.1) is 0 Å². The molecule has 2 aromatic heterocycles. The number of carbonyl (C=O) groups excluding carboxylic acids is 1. The van der Waals surface area contributed by atoms with Gasteiger partial charge in [-0.25, -0.2) is 0 Å². The molecule has 1 fully saturated rings. The molecule has 2 aromatic rings. The third kappa shape index (κ3) is 2.82. The predicted octanol–water partition coefficient (Wildman–Crippen LogP) is 2.72. The van der Waals surface area contributed by atoms with Gasteiger partial charge in [-0.1, -0.05) is 6.07 Å². The Morgan fingerprint density at radius 1 is 1.04 bits per heavy atom. The molecule has 7 nitrogen and oxygen atoms in total. The molecule has 0 unspecified atom stereocenters. The Morgan fingerprint density at radius 2 is 1.89 bits per heavy atom. The second kappa shape index (κ2) is 6.89. The lowest BCUT2D eigenvalue weighted by Crippen LogP contribution is -2.36. The van der Waals surface area contributed by atoms with Gasteiger partial charge in [0.1, 0.15) is 5.82 Å². The summed E-state index contributed by atoms with van der Waals surface area (Å²) in [6.45, 7) is 1.80. The number of pyridine rings is 1. The Hall–Kier alpha value is -2.96. The molecule has 28 heavy (non-hydrogen) atoms. The highest BCUT2D eigenvalue weighted by Crippen LogP contribution is 2.42. The van der Waals surface area contributed by atoms with Crippen LogP contribution in [0.2, 0.25) is 0 Å². The van der Waals surface area contributed by atoms with Crippen molar-refractivity contribution in [2.45, 2.75) is 44.4 Å². The monoisotopic (exact) mass is 377 g/mol. The highest BCUT2D eigenvalue weighted by Gasteiger charge is 2.38. The molecular formula is C21H23N5O2. The summed E-state index contributed by atoms with van der Waals surface area (Å²) in [5.74, 6) is 0.803. The fourth-order valence-corrected chi connectivity index (χ4v) is 4.55. The van der Waals surface area contributed by atoms with E-state index in [2.05, 4.69) is 20.2 Å². The van der Waals surface area contributed by atoms with Crippen molar-refractivity contribution >= 4 is 17.5 Å². The zero-order valence-electron chi connectivity index (χ0n) is 15.7. The van der Waals surface area contributed by atoms with Crippen molar-refractivity contribution in [1.29, 1.82) is 0 Å². The minimum Gasteiger partial charge on any atom is -0.343 e. The molecule has 1 aliphatic carbocycles. The van der Waals surface area contributed by atoms with E-state index in [1.807, 2.05) is 18.2 Å². The lowest BCUT2D eigenvalue weighted by molar-refractivity contribution is -0.116. The summed E-state index contributed by atoms with van der Waals surface area (Å²) in [6, 6.07) is 5.61. The first kappa shape index (κ1) is 17.2. The first-order chi connectivity index (χ1) is 13.7.